The summed E-state index contributed by atoms with van der Waals surface area (Å²) in [7, 11) is 0. The monoisotopic (exact) mass is 223 g/mol. The molecule has 1 rings (SSSR count). The minimum absolute atomic E-state index is 0.283. The smallest absolute Gasteiger partial charge is 0.217 e. The first-order valence-corrected chi connectivity index (χ1v) is 5.30. The number of rotatable bonds is 7. The molecular weight excluding hydrogens is 206 g/mol. The lowest BCUT2D eigenvalue weighted by atomic mass is 10.3. The van der Waals surface area contributed by atoms with E-state index in [0.717, 1.165) is 12.4 Å². The minimum Gasteiger partial charge on any atom is -0.370 e. The fourth-order valence-corrected chi connectivity index (χ4v) is 1.20. The Balaban J connectivity index is 2.35. The Morgan fingerprint density at radius 3 is 2.69 bits per heavy atom. The van der Waals surface area contributed by atoms with E-state index in [1.165, 1.54) is 0 Å². The molecule has 0 unspecified atom stereocenters. The van der Waals surface area contributed by atoms with Crippen LogP contribution in [0.1, 0.15) is 19.8 Å². The van der Waals surface area contributed by atoms with Crippen molar-refractivity contribution in [3.8, 4) is 0 Å². The molecule has 0 aromatic carbocycles. The van der Waals surface area contributed by atoms with Gasteiger partial charge in [-0.1, -0.05) is 0 Å². The van der Waals surface area contributed by atoms with E-state index in [1.807, 2.05) is 6.92 Å². The van der Waals surface area contributed by atoms with E-state index in [-0.39, 0.29) is 5.91 Å². The fraction of sp³-hybridized carbons (Fsp3) is 0.500. The molecule has 88 valence electrons. The molecule has 1 aromatic heterocycles. The quantitative estimate of drug-likeness (QED) is 0.588. The number of hydrogen-bond donors (Lipinski definition) is 3. The molecule has 6 nitrogen and oxygen atoms in total. The number of hydrogen-bond acceptors (Lipinski definition) is 5. The molecule has 1 aromatic rings. The first-order valence-electron chi connectivity index (χ1n) is 5.30. The summed E-state index contributed by atoms with van der Waals surface area (Å²) >= 11 is 0. The Bertz CT molecular complexity index is 342. The van der Waals surface area contributed by atoms with Gasteiger partial charge in [0.2, 0.25) is 5.91 Å². The standard InChI is InChI=1S/C10H17N5O/c1-2-13-9-6-12-7-10(15-9)14-5-3-4-8(11)16/h6-7H,2-5H2,1H3,(H2,11,16)(H2,13,14,15). The highest BCUT2D eigenvalue weighted by Gasteiger charge is 1.98. The van der Waals surface area contributed by atoms with Gasteiger partial charge in [0.1, 0.15) is 11.6 Å². The van der Waals surface area contributed by atoms with Crippen molar-refractivity contribution in [1.82, 2.24) is 9.97 Å². The summed E-state index contributed by atoms with van der Waals surface area (Å²) in [5, 5.41) is 6.15. The molecule has 0 saturated heterocycles. The molecule has 0 aliphatic rings. The summed E-state index contributed by atoms with van der Waals surface area (Å²) in [6.07, 6.45) is 4.39. The van der Waals surface area contributed by atoms with E-state index in [4.69, 9.17) is 5.73 Å². The molecule has 6 heteroatoms. The second kappa shape index (κ2) is 6.60. The van der Waals surface area contributed by atoms with Crippen LogP contribution in [0.2, 0.25) is 0 Å². The maximum absolute atomic E-state index is 10.5. The number of amides is 1. The van der Waals surface area contributed by atoms with Crippen molar-refractivity contribution in [1.29, 1.82) is 0 Å². The zero-order chi connectivity index (χ0) is 11.8. The van der Waals surface area contributed by atoms with Crippen molar-refractivity contribution >= 4 is 17.5 Å². The summed E-state index contributed by atoms with van der Waals surface area (Å²) < 4.78 is 0. The number of anilines is 2. The highest BCUT2D eigenvalue weighted by atomic mass is 16.1. The molecular formula is C10H17N5O. The van der Waals surface area contributed by atoms with Crippen LogP contribution < -0.4 is 16.4 Å². The van der Waals surface area contributed by atoms with E-state index in [2.05, 4.69) is 20.6 Å². The van der Waals surface area contributed by atoms with E-state index in [9.17, 15) is 4.79 Å². The Morgan fingerprint density at radius 2 is 2.06 bits per heavy atom. The van der Waals surface area contributed by atoms with E-state index >= 15 is 0 Å². The highest BCUT2D eigenvalue weighted by Crippen LogP contribution is 2.06. The van der Waals surface area contributed by atoms with Crippen molar-refractivity contribution in [3.05, 3.63) is 12.4 Å². The largest absolute Gasteiger partial charge is 0.370 e. The van der Waals surface area contributed by atoms with Crippen LogP contribution in [-0.4, -0.2) is 29.0 Å². The SMILES string of the molecule is CCNc1cncc(NCCCC(N)=O)n1. The summed E-state index contributed by atoms with van der Waals surface area (Å²) in [6, 6.07) is 0. The molecule has 0 bridgehead atoms. The number of primary amides is 1. The van der Waals surface area contributed by atoms with Gasteiger partial charge in [-0.15, -0.1) is 0 Å². The number of carbonyl (C=O) groups excluding carboxylic acids is 1. The number of nitrogens with one attached hydrogen (secondary N) is 2. The van der Waals surface area contributed by atoms with E-state index in [0.29, 0.717) is 25.2 Å². The van der Waals surface area contributed by atoms with Gasteiger partial charge in [-0.25, -0.2) is 4.98 Å². The van der Waals surface area contributed by atoms with Crippen LogP contribution in [0.15, 0.2) is 12.4 Å². The average molecular weight is 223 g/mol. The van der Waals surface area contributed by atoms with Gasteiger partial charge < -0.3 is 16.4 Å². The van der Waals surface area contributed by atoms with Crippen molar-refractivity contribution in [2.24, 2.45) is 5.73 Å². The number of nitrogens with zero attached hydrogens (tertiary/aromatic N) is 2. The van der Waals surface area contributed by atoms with Crippen LogP contribution in [0, 0.1) is 0 Å². The third-order valence-corrected chi connectivity index (χ3v) is 1.90. The molecule has 0 fully saturated rings. The molecule has 0 saturated carbocycles. The van der Waals surface area contributed by atoms with Crippen LogP contribution in [0.25, 0.3) is 0 Å². The lowest BCUT2D eigenvalue weighted by molar-refractivity contribution is -0.118. The van der Waals surface area contributed by atoms with E-state index < -0.39 is 0 Å². The summed E-state index contributed by atoms with van der Waals surface area (Å²) in [5.41, 5.74) is 5.03. The predicted molar refractivity (Wildman–Crippen MR) is 63.1 cm³/mol. The molecule has 1 amide bonds. The van der Waals surface area contributed by atoms with Crippen LogP contribution in [0.5, 0.6) is 0 Å². The van der Waals surface area contributed by atoms with Gasteiger partial charge in [0.25, 0.3) is 0 Å². The van der Waals surface area contributed by atoms with Crippen LogP contribution in [0.3, 0.4) is 0 Å². The van der Waals surface area contributed by atoms with Gasteiger partial charge in [0.15, 0.2) is 0 Å². The predicted octanol–water partition coefficient (Wildman–Crippen LogP) is 0.586. The normalized spacial score (nSPS) is 9.81. The van der Waals surface area contributed by atoms with Gasteiger partial charge in [-0.2, -0.15) is 0 Å². The molecule has 0 atom stereocenters. The number of nitrogens with two attached hydrogens (primary N) is 1. The van der Waals surface area contributed by atoms with Crippen molar-refractivity contribution in [3.63, 3.8) is 0 Å². The van der Waals surface area contributed by atoms with Gasteiger partial charge in [0, 0.05) is 19.5 Å². The average Bonchev–Trinajstić information content (AvgIpc) is 2.25. The molecule has 1 heterocycles. The zero-order valence-electron chi connectivity index (χ0n) is 9.36. The van der Waals surface area contributed by atoms with Crippen molar-refractivity contribution < 1.29 is 4.79 Å². The maximum Gasteiger partial charge on any atom is 0.217 e. The zero-order valence-corrected chi connectivity index (χ0v) is 9.36. The molecule has 4 N–H and O–H groups in total. The molecule has 0 radical (unpaired) electrons. The second-order valence-electron chi connectivity index (χ2n) is 3.32. The van der Waals surface area contributed by atoms with Gasteiger partial charge in [-0.05, 0) is 13.3 Å². The van der Waals surface area contributed by atoms with Gasteiger partial charge in [0.05, 0.1) is 12.4 Å². The lowest BCUT2D eigenvalue weighted by Crippen LogP contribution is -2.13. The fourth-order valence-electron chi connectivity index (χ4n) is 1.20. The topological polar surface area (TPSA) is 92.9 Å². The summed E-state index contributed by atoms with van der Waals surface area (Å²) in [5.74, 6) is 1.15. The Kier molecular flexibility index (Phi) is 5.04. The van der Waals surface area contributed by atoms with Crippen LogP contribution in [0.4, 0.5) is 11.6 Å². The van der Waals surface area contributed by atoms with Gasteiger partial charge in [-0.3, -0.25) is 9.78 Å². The highest BCUT2D eigenvalue weighted by molar-refractivity contribution is 5.73. The first kappa shape index (κ1) is 12.2. The number of aromatic nitrogens is 2. The second-order valence-corrected chi connectivity index (χ2v) is 3.32. The summed E-state index contributed by atoms with van der Waals surface area (Å²) in [6.45, 7) is 3.46. The van der Waals surface area contributed by atoms with E-state index in [1.54, 1.807) is 12.4 Å². The third kappa shape index (κ3) is 4.59. The van der Waals surface area contributed by atoms with Crippen molar-refractivity contribution in [2.75, 3.05) is 23.7 Å². The van der Waals surface area contributed by atoms with Gasteiger partial charge >= 0.3 is 0 Å². The van der Waals surface area contributed by atoms with Crippen molar-refractivity contribution in [2.45, 2.75) is 19.8 Å². The summed E-state index contributed by atoms with van der Waals surface area (Å²) in [4.78, 5) is 18.8. The number of carbonyl (C=O) groups is 1. The Labute approximate surface area is 94.7 Å². The Morgan fingerprint density at radius 1 is 1.38 bits per heavy atom. The first-order chi connectivity index (χ1) is 7.72. The molecule has 0 aliphatic heterocycles. The minimum atomic E-state index is -0.283. The Hall–Kier alpha value is -1.85. The third-order valence-electron chi connectivity index (χ3n) is 1.90. The lowest BCUT2D eigenvalue weighted by Gasteiger charge is -2.06. The maximum atomic E-state index is 10.5. The molecule has 0 aliphatic carbocycles. The molecule has 0 spiro atoms. The molecule has 16 heavy (non-hydrogen) atoms. The van der Waals surface area contributed by atoms with Crippen LogP contribution in [-0.2, 0) is 4.79 Å². The van der Waals surface area contributed by atoms with Crippen LogP contribution >= 0.6 is 0 Å².